The van der Waals surface area contributed by atoms with Crippen LogP contribution in [-0.4, -0.2) is 18.6 Å². The van der Waals surface area contributed by atoms with Gasteiger partial charge in [0.1, 0.15) is 0 Å². The van der Waals surface area contributed by atoms with Gasteiger partial charge < -0.3 is 10.5 Å². The van der Waals surface area contributed by atoms with Crippen LogP contribution >= 0.6 is 0 Å². The summed E-state index contributed by atoms with van der Waals surface area (Å²) in [4.78, 5) is 11.7. The van der Waals surface area contributed by atoms with Crippen LogP contribution in [0, 0.1) is 17.8 Å². The van der Waals surface area contributed by atoms with Gasteiger partial charge >= 0.3 is 5.97 Å². The Morgan fingerprint density at radius 1 is 1.43 bits per heavy atom. The van der Waals surface area contributed by atoms with Crippen LogP contribution in [0.4, 0.5) is 0 Å². The van der Waals surface area contributed by atoms with Crippen molar-refractivity contribution in [2.75, 3.05) is 6.61 Å². The molecule has 3 heteroatoms. The number of hydrogen-bond acceptors (Lipinski definition) is 3. The fourth-order valence-corrected chi connectivity index (χ4v) is 2.60. The highest BCUT2D eigenvalue weighted by atomic mass is 16.5. The molecule has 3 aliphatic carbocycles. The standard InChI is InChI=1S/C11H17NO2/c1-2-14-11(13)9-7-3-5-8(6-4-7)10(9)12/h3,5,7-10H,2,4,6,12H2,1H3/t7-,8+,9-,10-/m0/s1. The molecule has 3 rings (SSSR count). The molecule has 2 N–H and O–H groups in total. The zero-order valence-corrected chi connectivity index (χ0v) is 8.48. The average Bonchev–Trinajstić information content (AvgIpc) is 2.19. The van der Waals surface area contributed by atoms with Crippen molar-refractivity contribution in [3.05, 3.63) is 12.2 Å². The summed E-state index contributed by atoms with van der Waals surface area (Å²) in [6.45, 7) is 2.28. The van der Waals surface area contributed by atoms with E-state index in [1.165, 1.54) is 0 Å². The van der Waals surface area contributed by atoms with Crippen LogP contribution in [0.1, 0.15) is 19.8 Å². The summed E-state index contributed by atoms with van der Waals surface area (Å²) in [6.07, 6.45) is 6.50. The predicted octanol–water partition coefficient (Wildman–Crippen LogP) is 1.09. The second-order valence-electron chi connectivity index (χ2n) is 4.15. The van der Waals surface area contributed by atoms with E-state index in [2.05, 4.69) is 12.2 Å². The molecular weight excluding hydrogens is 178 g/mol. The summed E-state index contributed by atoms with van der Waals surface area (Å²) in [7, 11) is 0. The Morgan fingerprint density at radius 3 is 2.57 bits per heavy atom. The van der Waals surface area contributed by atoms with E-state index in [0.717, 1.165) is 12.8 Å². The fraction of sp³-hybridized carbons (Fsp3) is 0.727. The molecule has 0 aliphatic heterocycles. The van der Waals surface area contributed by atoms with Gasteiger partial charge in [-0.05, 0) is 31.6 Å². The first-order valence-electron chi connectivity index (χ1n) is 5.34. The van der Waals surface area contributed by atoms with Crippen molar-refractivity contribution in [3.63, 3.8) is 0 Å². The van der Waals surface area contributed by atoms with E-state index in [-0.39, 0.29) is 17.9 Å². The van der Waals surface area contributed by atoms with E-state index < -0.39 is 0 Å². The van der Waals surface area contributed by atoms with E-state index in [0.29, 0.717) is 18.4 Å². The number of carbonyl (C=O) groups excluding carboxylic acids is 1. The number of fused-ring (bicyclic) bond motifs is 2. The maximum absolute atomic E-state index is 11.7. The molecule has 0 saturated heterocycles. The summed E-state index contributed by atoms with van der Waals surface area (Å²) in [5.74, 6) is 0.487. The van der Waals surface area contributed by atoms with Crippen molar-refractivity contribution in [1.29, 1.82) is 0 Å². The van der Waals surface area contributed by atoms with Crippen LogP contribution in [0.5, 0.6) is 0 Å². The van der Waals surface area contributed by atoms with Gasteiger partial charge in [-0.3, -0.25) is 4.79 Å². The molecule has 0 spiro atoms. The lowest BCUT2D eigenvalue weighted by molar-refractivity contribution is -0.152. The van der Waals surface area contributed by atoms with Crippen LogP contribution < -0.4 is 5.73 Å². The molecule has 3 aliphatic rings. The van der Waals surface area contributed by atoms with Gasteiger partial charge in [-0.25, -0.2) is 0 Å². The molecule has 0 aromatic heterocycles. The number of hydrogen-bond donors (Lipinski definition) is 1. The highest BCUT2D eigenvalue weighted by molar-refractivity contribution is 5.74. The molecule has 78 valence electrons. The minimum atomic E-state index is -0.112. The Balaban J connectivity index is 2.12. The summed E-state index contributed by atoms with van der Waals surface area (Å²) in [6, 6.07) is -0.0298. The maximum atomic E-state index is 11.7. The molecule has 2 bridgehead atoms. The summed E-state index contributed by atoms with van der Waals surface area (Å²) in [5, 5.41) is 0. The lowest BCUT2D eigenvalue weighted by Gasteiger charge is -2.41. The van der Waals surface area contributed by atoms with Crippen LogP contribution in [0.15, 0.2) is 12.2 Å². The van der Waals surface area contributed by atoms with E-state index in [1.54, 1.807) is 0 Å². The van der Waals surface area contributed by atoms with Gasteiger partial charge in [-0.1, -0.05) is 12.2 Å². The van der Waals surface area contributed by atoms with Crippen LogP contribution in [-0.2, 0) is 9.53 Å². The smallest absolute Gasteiger partial charge is 0.311 e. The first kappa shape index (κ1) is 9.71. The molecule has 0 unspecified atom stereocenters. The zero-order chi connectivity index (χ0) is 10.1. The zero-order valence-electron chi connectivity index (χ0n) is 8.48. The third-order valence-electron chi connectivity index (χ3n) is 3.37. The van der Waals surface area contributed by atoms with Crippen molar-refractivity contribution >= 4 is 5.97 Å². The number of esters is 1. The SMILES string of the molecule is CCOC(=O)[C@@H]1[C@@H](N)[C@@H]2C=C[C@H]1CC2. The van der Waals surface area contributed by atoms with Gasteiger partial charge in [0.2, 0.25) is 0 Å². The average molecular weight is 195 g/mol. The van der Waals surface area contributed by atoms with E-state index in [4.69, 9.17) is 10.5 Å². The van der Waals surface area contributed by atoms with Gasteiger partial charge in [-0.2, -0.15) is 0 Å². The van der Waals surface area contributed by atoms with E-state index in [9.17, 15) is 4.79 Å². The summed E-state index contributed by atoms with van der Waals surface area (Å²) in [5.41, 5.74) is 6.04. The highest BCUT2D eigenvalue weighted by Gasteiger charge is 2.43. The van der Waals surface area contributed by atoms with Crippen LogP contribution in [0.2, 0.25) is 0 Å². The minimum Gasteiger partial charge on any atom is -0.466 e. The Hall–Kier alpha value is -0.830. The molecule has 4 atom stereocenters. The molecule has 1 saturated carbocycles. The van der Waals surface area contributed by atoms with E-state index in [1.807, 2.05) is 6.92 Å². The molecule has 1 fully saturated rings. The molecule has 0 amide bonds. The Labute approximate surface area is 84.3 Å². The Bertz CT molecular complexity index is 262. The molecule has 0 aromatic carbocycles. The maximum Gasteiger partial charge on any atom is 0.311 e. The quantitative estimate of drug-likeness (QED) is 0.530. The van der Waals surface area contributed by atoms with Crippen molar-refractivity contribution in [3.8, 4) is 0 Å². The summed E-state index contributed by atoms with van der Waals surface area (Å²) < 4.78 is 5.05. The van der Waals surface area contributed by atoms with Crippen molar-refractivity contribution in [2.45, 2.75) is 25.8 Å². The van der Waals surface area contributed by atoms with Gasteiger partial charge in [-0.15, -0.1) is 0 Å². The van der Waals surface area contributed by atoms with E-state index >= 15 is 0 Å². The predicted molar refractivity (Wildman–Crippen MR) is 53.5 cm³/mol. The second kappa shape index (κ2) is 3.73. The molecular formula is C11H17NO2. The molecule has 0 radical (unpaired) electrons. The van der Waals surface area contributed by atoms with Gasteiger partial charge in [0.05, 0.1) is 12.5 Å². The van der Waals surface area contributed by atoms with Crippen LogP contribution in [0.25, 0.3) is 0 Å². The Morgan fingerprint density at radius 2 is 2.07 bits per heavy atom. The lowest BCUT2D eigenvalue weighted by Crippen LogP contribution is -2.50. The van der Waals surface area contributed by atoms with Crippen molar-refractivity contribution in [2.24, 2.45) is 23.5 Å². The third kappa shape index (κ3) is 1.46. The molecule has 14 heavy (non-hydrogen) atoms. The fourth-order valence-electron chi connectivity index (χ4n) is 2.60. The Kier molecular flexibility index (Phi) is 2.59. The van der Waals surface area contributed by atoms with Gasteiger partial charge in [0.25, 0.3) is 0 Å². The van der Waals surface area contributed by atoms with Crippen molar-refractivity contribution < 1.29 is 9.53 Å². The molecule has 0 aromatic rings. The van der Waals surface area contributed by atoms with Gasteiger partial charge in [0, 0.05) is 6.04 Å². The third-order valence-corrected chi connectivity index (χ3v) is 3.37. The number of allylic oxidation sites excluding steroid dienone is 1. The topological polar surface area (TPSA) is 52.3 Å². The highest BCUT2D eigenvalue weighted by Crippen LogP contribution is 2.40. The first-order valence-corrected chi connectivity index (χ1v) is 5.34. The lowest BCUT2D eigenvalue weighted by atomic mass is 9.66. The first-order chi connectivity index (χ1) is 6.74. The van der Waals surface area contributed by atoms with Gasteiger partial charge in [0.15, 0.2) is 0 Å². The monoisotopic (exact) mass is 195 g/mol. The molecule has 3 nitrogen and oxygen atoms in total. The minimum absolute atomic E-state index is 0.0298. The number of carbonyl (C=O) groups is 1. The number of ether oxygens (including phenoxy) is 1. The number of rotatable bonds is 2. The summed E-state index contributed by atoms with van der Waals surface area (Å²) >= 11 is 0. The normalized spacial score (nSPS) is 39.9. The van der Waals surface area contributed by atoms with Crippen molar-refractivity contribution in [1.82, 2.24) is 0 Å². The largest absolute Gasteiger partial charge is 0.466 e. The molecule has 0 heterocycles. The van der Waals surface area contributed by atoms with Crippen LogP contribution in [0.3, 0.4) is 0 Å². The second-order valence-corrected chi connectivity index (χ2v) is 4.15. The number of nitrogens with two attached hydrogens (primary N) is 1.